The minimum atomic E-state index is -0.474. The maximum atomic E-state index is 15.4. The molecule has 0 atom stereocenters. The molecule has 3 nitrogen and oxygen atoms in total. The molecule has 4 aromatic rings. The molecule has 1 N–H and O–H groups in total. The normalized spacial score (nSPS) is 13.1. The molecule has 1 aromatic heterocycles. The number of fused-ring (bicyclic) bond motifs is 1. The lowest BCUT2D eigenvalue weighted by Gasteiger charge is -2.13. The maximum absolute atomic E-state index is 15.4. The molecule has 0 bridgehead atoms. The Balaban J connectivity index is 0.00000231. The highest BCUT2D eigenvalue weighted by Crippen LogP contribution is 2.33. The van der Waals surface area contributed by atoms with Crippen molar-refractivity contribution >= 4 is 12.4 Å². The largest absolute Gasteiger partial charge is 0.259 e. The van der Waals surface area contributed by atoms with Crippen LogP contribution in [0.25, 0.3) is 22.5 Å². The molecule has 5 rings (SSSR count). The summed E-state index contributed by atoms with van der Waals surface area (Å²) in [6, 6.07) is 18.7. The Labute approximate surface area is 186 Å². The molecule has 0 saturated carbocycles. The van der Waals surface area contributed by atoms with Crippen LogP contribution in [0.1, 0.15) is 23.1 Å². The Morgan fingerprint density at radius 3 is 2.35 bits per heavy atom. The average molecular weight is 438 g/mol. The van der Waals surface area contributed by atoms with Crippen LogP contribution >= 0.6 is 12.4 Å². The Morgan fingerprint density at radius 1 is 0.903 bits per heavy atom. The molecule has 0 unspecified atom stereocenters. The summed E-state index contributed by atoms with van der Waals surface area (Å²) < 4.78 is 29.9. The molecule has 0 saturated heterocycles. The Bertz CT molecular complexity index is 1170. The van der Waals surface area contributed by atoms with Crippen molar-refractivity contribution in [2.75, 3.05) is 0 Å². The number of nitrogens with zero attached hydrogens (tertiary/aromatic N) is 2. The predicted octanol–water partition coefficient (Wildman–Crippen LogP) is 6.19. The standard InChI is InChI=1S/C25H21F2N3.ClH/c26-23-11-10-21(19-6-3-7-20(14-19)25-28-15-29-30-25)24(27)22(23)9-8-16-12-17-4-1-2-5-18(17)13-16;/h1-7,10-11,14-16H,8-9,12-13H2,(H,28,29,30);1H. The number of aromatic nitrogens is 3. The summed E-state index contributed by atoms with van der Waals surface area (Å²) in [4.78, 5) is 4.15. The summed E-state index contributed by atoms with van der Waals surface area (Å²) in [5, 5.41) is 6.67. The highest BCUT2D eigenvalue weighted by molar-refractivity contribution is 5.85. The number of nitrogens with one attached hydrogen (secondary N) is 1. The Hall–Kier alpha value is -3.05. The molecule has 31 heavy (non-hydrogen) atoms. The molecular formula is C25H22ClF2N3. The summed E-state index contributed by atoms with van der Waals surface area (Å²) in [6.45, 7) is 0. The molecule has 6 heteroatoms. The van der Waals surface area contributed by atoms with Crippen LogP contribution < -0.4 is 0 Å². The third-order valence-corrected chi connectivity index (χ3v) is 5.99. The summed E-state index contributed by atoms with van der Waals surface area (Å²) in [5.74, 6) is 0.0958. The smallest absolute Gasteiger partial charge is 0.155 e. The molecular weight excluding hydrogens is 416 g/mol. The first kappa shape index (κ1) is 21.2. The molecule has 158 valence electrons. The first-order valence-electron chi connectivity index (χ1n) is 10.2. The van der Waals surface area contributed by atoms with E-state index in [1.165, 1.54) is 29.6 Å². The molecule has 1 aliphatic rings. The fourth-order valence-electron chi connectivity index (χ4n) is 4.43. The van der Waals surface area contributed by atoms with Crippen LogP contribution in [-0.2, 0) is 19.3 Å². The SMILES string of the molecule is Cl.Fc1ccc(-c2cccc(-c3ncn[nH]3)c2)c(F)c1CCC1Cc2ccccc2C1. The van der Waals surface area contributed by atoms with Crippen molar-refractivity contribution in [3.63, 3.8) is 0 Å². The van der Waals surface area contributed by atoms with Gasteiger partial charge in [0.1, 0.15) is 18.0 Å². The topological polar surface area (TPSA) is 41.6 Å². The van der Waals surface area contributed by atoms with Crippen molar-refractivity contribution in [2.24, 2.45) is 5.92 Å². The van der Waals surface area contributed by atoms with Gasteiger partial charge in [-0.2, -0.15) is 5.10 Å². The number of rotatable bonds is 5. The van der Waals surface area contributed by atoms with Crippen LogP contribution in [-0.4, -0.2) is 15.2 Å². The van der Waals surface area contributed by atoms with Crippen LogP contribution in [0.4, 0.5) is 8.78 Å². The summed E-state index contributed by atoms with van der Waals surface area (Å²) in [6.07, 6.45) is 4.56. The van der Waals surface area contributed by atoms with E-state index in [0.29, 0.717) is 29.3 Å². The number of aromatic amines is 1. The van der Waals surface area contributed by atoms with E-state index in [1.54, 1.807) is 0 Å². The van der Waals surface area contributed by atoms with Crippen molar-refractivity contribution < 1.29 is 8.78 Å². The van der Waals surface area contributed by atoms with Crippen molar-refractivity contribution in [1.29, 1.82) is 0 Å². The van der Waals surface area contributed by atoms with Crippen LogP contribution in [0.3, 0.4) is 0 Å². The monoisotopic (exact) mass is 437 g/mol. The molecule has 0 radical (unpaired) electrons. The lowest BCUT2D eigenvalue weighted by atomic mass is 9.93. The van der Waals surface area contributed by atoms with E-state index in [9.17, 15) is 4.39 Å². The Kier molecular flexibility index (Phi) is 6.14. The highest BCUT2D eigenvalue weighted by Gasteiger charge is 2.22. The van der Waals surface area contributed by atoms with Gasteiger partial charge in [0.15, 0.2) is 5.82 Å². The van der Waals surface area contributed by atoms with Crippen LogP contribution in [0.15, 0.2) is 67.0 Å². The van der Waals surface area contributed by atoms with E-state index in [4.69, 9.17) is 0 Å². The van der Waals surface area contributed by atoms with E-state index in [0.717, 1.165) is 24.8 Å². The molecule has 1 heterocycles. The molecule has 3 aromatic carbocycles. The second-order valence-corrected chi connectivity index (χ2v) is 7.88. The summed E-state index contributed by atoms with van der Waals surface area (Å²) >= 11 is 0. The van der Waals surface area contributed by atoms with Gasteiger partial charge in [-0.25, -0.2) is 13.8 Å². The van der Waals surface area contributed by atoms with Gasteiger partial charge >= 0.3 is 0 Å². The van der Waals surface area contributed by atoms with Gasteiger partial charge in [0.05, 0.1) is 0 Å². The molecule has 0 aliphatic heterocycles. The fourth-order valence-corrected chi connectivity index (χ4v) is 4.43. The van der Waals surface area contributed by atoms with Gasteiger partial charge in [-0.1, -0.05) is 42.5 Å². The lowest BCUT2D eigenvalue weighted by Crippen LogP contribution is -2.05. The zero-order valence-corrected chi connectivity index (χ0v) is 17.6. The number of H-pyrrole nitrogens is 1. The van der Waals surface area contributed by atoms with E-state index in [-0.39, 0.29) is 18.0 Å². The second kappa shape index (κ2) is 8.98. The first-order chi connectivity index (χ1) is 14.7. The lowest BCUT2D eigenvalue weighted by molar-refractivity contribution is 0.488. The number of hydrogen-bond acceptors (Lipinski definition) is 2. The zero-order chi connectivity index (χ0) is 20.5. The van der Waals surface area contributed by atoms with Crippen LogP contribution in [0, 0.1) is 17.6 Å². The number of hydrogen-bond donors (Lipinski definition) is 1. The van der Waals surface area contributed by atoms with Gasteiger partial charge in [0, 0.05) is 16.7 Å². The van der Waals surface area contributed by atoms with Crippen LogP contribution in [0.5, 0.6) is 0 Å². The minimum Gasteiger partial charge on any atom is -0.259 e. The second-order valence-electron chi connectivity index (χ2n) is 7.88. The Morgan fingerprint density at radius 2 is 1.65 bits per heavy atom. The molecule has 0 amide bonds. The predicted molar refractivity (Wildman–Crippen MR) is 120 cm³/mol. The summed E-state index contributed by atoms with van der Waals surface area (Å²) in [5.41, 5.74) is 4.80. The van der Waals surface area contributed by atoms with Crippen molar-refractivity contribution in [1.82, 2.24) is 15.2 Å². The molecule has 0 fully saturated rings. The van der Waals surface area contributed by atoms with Gasteiger partial charge in [-0.05, 0) is 66.5 Å². The number of benzene rings is 3. The van der Waals surface area contributed by atoms with Gasteiger partial charge in [-0.3, -0.25) is 5.10 Å². The zero-order valence-electron chi connectivity index (χ0n) is 16.8. The van der Waals surface area contributed by atoms with E-state index >= 15 is 4.39 Å². The maximum Gasteiger partial charge on any atom is 0.155 e. The number of halogens is 3. The molecule has 1 aliphatic carbocycles. The van der Waals surface area contributed by atoms with Gasteiger partial charge < -0.3 is 0 Å². The van der Waals surface area contributed by atoms with Crippen molar-refractivity contribution in [3.8, 4) is 22.5 Å². The van der Waals surface area contributed by atoms with Gasteiger partial charge in [0.2, 0.25) is 0 Å². The fraction of sp³-hybridized carbons (Fsp3) is 0.200. The van der Waals surface area contributed by atoms with E-state index in [2.05, 4.69) is 39.4 Å². The van der Waals surface area contributed by atoms with Gasteiger partial charge in [-0.15, -0.1) is 12.4 Å². The van der Waals surface area contributed by atoms with Crippen molar-refractivity contribution in [3.05, 3.63) is 95.3 Å². The minimum absolute atomic E-state index is 0. The summed E-state index contributed by atoms with van der Waals surface area (Å²) in [7, 11) is 0. The van der Waals surface area contributed by atoms with E-state index < -0.39 is 11.6 Å². The highest BCUT2D eigenvalue weighted by atomic mass is 35.5. The third kappa shape index (κ3) is 4.23. The van der Waals surface area contributed by atoms with Crippen molar-refractivity contribution in [2.45, 2.75) is 25.7 Å². The first-order valence-corrected chi connectivity index (χ1v) is 10.2. The van der Waals surface area contributed by atoms with Gasteiger partial charge in [0.25, 0.3) is 0 Å². The van der Waals surface area contributed by atoms with Crippen LogP contribution in [0.2, 0.25) is 0 Å². The third-order valence-electron chi connectivity index (χ3n) is 5.99. The van der Waals surface area contributed by atoms with E-state index in [1.807, 2.05) is 24.3 Å². The quantitative estimate of drug-likeness (QED) is 0.404. The average Bonchev–Trinajstić information content (AvgIpc) is 3.43. The molecule has 0 spiro atoms.